The van der Waals surface area contributed by atoms with Gasteiger partial charge in [0.25, 0.3) is 5.91 Å². The SMILES string of the molecule is O=C(Nc1cccc(Br)c1)c1cccc(S(=O)(=O)N2CCC(O)(CO)CC2)c1. The first-order chi connectivity index (χ1) is 13.2. The maximum atomic E-state index is 12.9. The van der Waals surface area contributed by atoms with Gasteiger partial charge in [-0.25, -0.2) is 8.42 Å². The van der Waals surface area contributed by atoms with E-state index in [4.69, 9.17) is 0 Å². The van der Waals surface area contributed by atoms with Gasteiger partial charge in [0.2, 0.25) is 10.0 Å². The molecule has 2 aromatic carbocycles. The van der Waals surface area contributed by atoms with Crippen molar-refractivity contribution >= 4 is 37.5 Å². The molecule has 2 aromatic rings. The number of nitrogens with one attached hydrogen (secondary N) is 1. The summed E-state index contributed by atoms with van der Waals surface area (Å²) in [6.07, 6.45) is 0.317. The Kier molecular flexibility index (Phi) is 6.21. The molecule has 0 aliphatic carbocycles. The second-order valence-corrected chi connectivity index (χ2v) is 9.63. The summed E-state index contributed by atoms with van der Waals surface area (Å²) < 4.78 is 27.9. The molecule has 3 rings (SSSR count). The molecule has 0 saturated carbocycles. The normalized spacial score (nSPS) is 17.2. The Bertz CT molecular complexity index is 972. The fourth-order valence-electron chi connectivity index (χ4n) is 3.02. The van der Waals surface area contributed by atoms with Gasteiger partial charge in [0.05, 0.1) is 17.1 Å². The van der Waals surface area contributed by atoms with Crippen molar-refractivity contribution < 1.29 is 23.4 Å². The topological polar surface area (TPSA) is 107 Å². The van der Waals surface area contributed by atoms with Crippen molar-refractivity contribution in [3.8, 4) is 0 Å². The van der Waals surface area contributed by atoms with Gasteiger partial charge in [-0.15, -0.1) is 0 Å². The highest BCUT2D eigenvalue weighted by Crippen LogP contribution is 2.27. The Balaban J connectivity index is 1.78. The van der Waals surface area contributed by atoms with Crippen LogP contribution in [0.15, 0.2) is 57.9 Å². The van der Waals surface area contributed by atoms with E-state index in [0.717, 1.165) is 4.47 Å². The quantitative estimate of drug-likeness (QED) is 0.623. The van der Waals surface area contributed by atoms with Crippen LogP contribution < -0.4 is 5.32 Å². The number of carbonyl (C=O) groups excluding carboxylic acids is 1. The van der Waals surface area contributed by atoms with Crippen LogP contribution in [-0.2, 0) is 10.0 Å². The second-order valence-electron chi connectivity index (χ2n) is 6.78. The molecule has 1 aliphatic heterocycles. The number of piperidine rings is 1. The fourth-order valence-corrected chi connectivity index (χ4v) is 4.90. The number of halogens is 1. The van der Waals surface area contributed by atoms with E-state index < -0.39 is 28.1 Å². The summed E-state index contributed by atoms with van der Waals surface area (Å²) in [6, 6.07) is 13.0. The Labute approximate surface area is 172 Å². The summed E-state index contributed by atoms with van der Waals surface area (Å²) >= 11 is 3.33. The van der Waals surface area contributed by atoms with Gasteiger partial charge in [-0.1, -0.05) is 28.1 Å². The average molecular weight is 469 g/mol. The molecule has 1 aliphatic rings. The Hall–Kier alpha value is -1.78. The van der Waals surface area contributed by atoms with Crippen LogP contribution in [0.4, 0.5) is 5.69 Å². The van der Waals surface area contributed by atoms with Crippen LogP contribution in [0.3, 0.4) is 0 Å². The zero-order valence-corrected chi connectivity index (χ0v) is 17.4. The highest BCUT2D eigenvalue weighted by molar-refractivity contribution is 9.10. The van der Waals surface area contributed by atoms with Crippen molar-refractivity contribution in [3.63, 3.8) is 0 Å². The number of hydrogen-bond acceptors (Lipinski definition) is 5. The molecular weight excluding hydrogens is 448 g/mol. The lowest BCUT2D eigenvalue weighted by Gasteiger charge is -2.36. The van der Waals surface area contributed by atoms with Crippen LogP contribution in [-0.4, -0.2) is 54.1 Å². The molecule has 0 aromatic heterocycles. The van der Waals surface area contributed by atoms with Gasteiger partial charge in [0.1, 0.15) is 0 Å². The van der Waals surface area contributed by atoms with Crippen molar-refractivity contribution in [2.75, 3.05) is 25.0 Å². The monoisotopic (exact) mass is 468 g/mol. The molecule has 150 valence electrons. The lowest BCUT2D eigenvalue weighted by atomic mass is 9.94. The lowest BCUT2D eigenvalue weighted by Crippen LogP contribution is -2.48. The number of aliphatic hydroxyl groups is 2. The fraction of sp³-hybridized carbons (Fsp3) is 0.316. The predicted octanol–water partition coefficient (Wildman–Crippen LogP) is 2.21. The first-order valence-corrected chi connectivity index (χ1v) is 11.0. The van der Waals surface area contributed by atoms with E-state index in [9.17, 15) is 23.4 Å². The van der Waals surface area contributed by atoms with E-state index in [1.165, 1.54) is 22.5 Å². The third-order valence-electron chi connectivity index (χ3n) is 4.76. The van der Waals surface area contributed by atoms with Crippen molar-refractivity contribution in [2.24, 2.45) is 0 Å². The standard InChI is InChI=1S/C19H21BrN2O5S/c20-15-4-2-5-16(12-15)21-18(24)14-3-1-6-17(11-14)28(26,27)22-9-7-19(25,13-23)8-10-22/h1-6,11-12,23,25H,7-10,13H2,(H,21,24). The molecule has 9 heteroatoms. The number of anilines is 1. The van der Waals surface area contributed by atoms with E-state index in [1.807, 2.05) is 6.07 Å². The van der Waals surface area contributed by atoms with Crippen LogP contribution in [0.2, 0.25) is 0 Å². The molecule has 0 radical (unpaired) electrons. The summed E-state index contributed by atoms with van der Waals surface area (Å²) in [5.74, 6) is -0.413. The maximum Gasteiger partial charge on any atom is 0.255 e. The number of amides is 1. The molecule has 0 bridgehead atoms. The van der Waals surface area contributed by atoms with E-state index in [0.29, 0.717) is 5.69 Å². The van der Waals surface area contributed by atoms with Gasteiger partial charge < -0.3 is 15.5 Å². The first kappa shape index (κ1) is 20.9. The molecule has 7 nitrogen and oxygen atoms in total. The number of hydrogen-bond donors (Lipinski definition) is 3. The Morgan fingerprint density at radius 3 is 2.46 bits per heavy atom. The minimum absolute atomic E-state index is 0.0174. The average Bonchev–Trinajstić information content (AvgIpc) is 2.68. The van der Waals surface area contributed by atoms with E-state index in [-0.39, 0.29) is 36.4 Å². The summed E-state index contributed by atoms with van der Waals surface area (Å²) in [5.41, 5.74) is -0.422. The number of rotatable bonds is 5. The molecule has 0 unspecified atom stereocenters. The third kappa shape index (κ3) is 4.61. The van der Waals surface area contributed by atoms with E-state index >= 15 is 0 Å². The zero-order chi connectivity index (χ0) is 20.4. The van der Waals surface area contributed by atoms with Crippen LogP contribution in [0, 0.1) is 0 Å². The molecule has 1 heterocycles. The molecular formula is C19H21BrN2O5S. The number of benzene rings is 2. The first-order valence-electron chi connectivity index (χ1n) is 8.74. The highest BCUT2D eigenvalue weighted by Gasteiger charge is 2.36. The van der Waals surface area contributed by atoms with Crippen LogP contribution in [0.25, 0.3) is 0 Å². The smallest absolute Gasteiger partial charge is 0.255 e. The molecule has 1 amide bonds. The number of sulfonamides is 1. The number of carbonyl (C=O) groups is 1. The maximum absolute atomic E-state index is 12.9. The summed E-state index contributed by atoms with van der Waals surface area (Å²) in [7, 11) is -3.80. The number of nitrogens with zero attached hydrogens (tertiary/aromatic N) is 1. The van der Waals surface area contributed by atoms with Gasteiger partial charge in [-0.3, -0.25) is 4.79 Å². The van der Waals surface area contributed by atoms with Crippen molar-refractivity contribution in [1.82, 2.24) is 4.31 Å². The van der Waals surface area contributed by atoms with Crippen molar-refractivity contribution in [3.05, 3.63) is 58.6 Å². The third-order valence-corrected chi connectivity index (χ3v) is 7.15. The van der Waals surface area contributed by atoms with Crippen LogP contribution >= 0.6 is 15.9 Å². The largest absolute Gasteiger partial charge is 0.393 e. The predicted molar refractivity (Wildman–Crippen MR) is 109 cm³/mol. The molecule has 0 spiro atoms. The lowest BCUT2D eigenvalue weighted by molar-refractivity contribution is -0.0480. The minimum atomic E-state index is -3.80. The molecule has 0 atom stereocenters. The number of aliphatic hydroxyl groups excluding tert-OH is 1. The van der Waals surface area contributed by atoms with Gasteiger partial charge >= 0.3 is 0 Å². The minimum Gasteiger partial charge on any atom is -0.393 e. The zero-order valence-electron chi connectivity index (χ0n) is 15.0. The molecule has 1 saturated heterocycles. The van der Waals surface area contributed by atoms with Gasteiger partial charge in [0.15, 0.2) is 0 Å². The summed E-state index contributed by atoms with van der Waals surface area (Å²) in [5, 5.41) is 22.0. The van der Waals surface area contributed by atoms with Gasteiger partial charge in [-0.2, -0.15) is 4.31 Å². The Morgan fingerprint density at radius 1 is 1.14 bits per heavy atom. The molecule has 1 fully saturated rings. The van der Waals surface area contributed by atoms with Crippen LogP contribution in [0.1, 0.15) is 23.2 Å². The van der Waals surface area contributed by atoms with E-state index in [2.05, 4.69) is 21.2 Å². The van der Waals surface area contributed by atoms with Crippen molar-refractivity contribution in [2.45, 2.75) is 23.3 Å². The van der Waals surface area contributed by atoms with Gasteiger partial charge in [-0.05, 0) is 49.2 Å². The summed E-state index contributed by atoms with van der Waals surface area (Å²) in [4.78, 5) is 12.5. The van der Waals surface area contributed by atoms with E-state index in [1.54, 1.807) is 24.3 Å². The van der Waals surface area contributed by atoms with Crippen LogP contribution in [0.5, 0.6) is 0 Å². The summed E-state index contributed by atoms with van der Waals surface area (Å²) in [6.45, 7) is -0.187. The second kappa shape index (κ2) is 8.30. The molecule has 3 N–H and O–H groups in total. The molecule has 28 heavy (non-hydrogen) atoms. The van der Waals surface area contributed by atoms with Crippen molar-refractivity contribution in [1.29, 1.82) is 0 Å². The van der Waals surface area contributed by atoms with Gasteiger partial charge in [0, 0.05) is 28.8 Å². The highest BCUT2D eigenvalue weighted by atomic mass is 79.9. The Morgan fingerprint density at radius 2 is 1.82 bits per heavy atom.